The smallest absolute Gasteiger partial charge is 0.166 e. The van der Waals surface area contributed by atoms with E-state index in [1.807, 2.05) is 0 Å². The van der Waals surface area contributed by atoms with Crippen LogP contribution in [0.5, 0.6) is 0 Å². The van der Waals surface area contributed by atoms with Crippen molar-refractivity contribution >= 4 is 23.2 Å². The van der Waals surface area contributed by atoms with E-state index in [0.717, 1.165) is 6.07 Å². The van der Waals surface area contributed by atoms with E-state index in [4.69, 9.17) is 23.2 Å². The van der Waals surface area contributed by atoms with Crippen LogP contribution in [0, 0.1) is 11.6 Å². The largest absolute Gasteiger partial charge is 0.204 e. The van der Waals surface area contributed by atoms with Crippen molar-refractivity contribution in [3.05, 3.63) is 58.6 Å². The average Bonchev–Trinajstić information content (AvgIpc) is 2.32. The highest BCUT2D eigenvalue weighted by Gasteiger charge is 2.14. The van der Waals surface area contributed by atoms with Gasteiger partial charge in [-0.2, -0.15) is 0 Å². The molecule has 0 aliphatic carbocycles. The lowest BCUT2D eigenvalue weighted by molar-refractivity contribution is 0.511. The molecule has 17 heavy (non-hydrogen) atoms. The monoisotopic (exact) mass is 272 g/mol. The van der Waals surface area contributed by atoms with Gasteiger partial charge in [-0.3, -0.25) is 0 Å². The Kier molecular flexibility index (Phi) is 3.65. The Morgan fingerprint density at radius 1 is 0.941 bits per heavy atom. The van der Waals surface area contributed by atoms with Crippen molar-refractivity contribution in [3.63, 3.8) is 0 Å². The normalized spacial score (nSPS) is 10.6. The summed E-state index contributed by atoms with van der Waals surface area (Å²) in [5, 5.41) is 0.446. The average molecular weight is 273 g/mol. The molecule has 0 unspecified atom stereocenters. The molecule has 0 aliphatic rings. The van der Waals surface area contributed by atoms with E-state index in [1.54, 1.807) is 18.2 Å². The molecule has 4 heteroatoms. The highest BCUT2D eigenvalue weighted by Crippen LogP contribution is 2.32. The van der Waals surface area contributed by atoms with E-state index in [-0.39, 0.29) is 11.4 Å². The molecule has 0 saturated carbocycles. The molecule has 0 heterocycles. The maximum atomic E-state index is 13.7. The van der Waals surface area contributed by atoms with Gasteiger partial charge in [0.1, 0.15) is 0 Å². The summed E-state index contributed by atoms with van der Waals surface area (Å²) in [5.74, 6) is -1.63. The van der Waals surface area contributed by atoms with Crippen molar-refractivity contribution in [2.75, 3.05) is 0 Å². The number of hydrogen-bond acceptors (Lipinski definition) is 0. The summed E-state index contributed by atoms with van der Waals surface area (Å²) in [6, 6.07) is 9.04. The van der Waals surface area contributed by atoms with Crippen molar-refractivity contribution in [1.29, 1.82) is 0 Å². The van der Waals surface area contributed by atoms with Crippen molar-refractivity contribution in [1.82, 2.24) is 0 Å². The summed E-state index contributed by atoms with van der Waals surface area (Å²) in [6.45, 7) is 0. The van der Waals surface area contributed by atoms with Gasteiger partial charge in [-0.05, 0) is 23.3 Å². The molecule has 0 bridgehead atoms. The molecule has 0 saturated heterocycles. The summed E-state index contributed by atoms with van der Waals surface area (Å²) in [7, 11) is 0. The number of hydrogen-bond donors (Lipinski definition) is 0. The fraction of sp³-hybridized carbons (Fsp3) is 0.0769. The SMILES string of the molecule is Fc1cccc(-c2cccc(Cl)c2CCl)c1F. The van der Waals surface area contributed by atoms with E-state index in [1.165, 1.54) is 12.1 Å². The molecule has 0 atom stereocenters. The molecular weight excluding hydrogens is 265 g/mol. The predicted octanol–water partition coefficient (Wildman–Crippen LogP) is 5.02. The van der Waals surface area contributed by atoms with Gasteiger partial charge in [0.05, 0.1) is 0 Å². The van der Waals surface area contributed by atoms with Gasteiger partial charge in [0.25, 0.3) is 0 Å². The van der Waals surface area contributed by atoms with Crippen LogP contribution in [0.4, 0.5) is 8.78 Å². The Bertz CT molecular complexity index is 553. The lowest BCUT2D eigenvalue weighted by Crippen LogP contribution is -1.93. The van der Waals surface area contributed by atoms with Gasteiger partial charge in [0, 0.05) is 16.5 Å². The second-order valence-corrected chi connectivity index (χ2v) is 4.18. The molecule has 0 spiro atoms. The zero-order valence-corrected chi connectivity index (χ0v) is 10.2. The van der Waals surface area contributed by atoms with Crippen LogP contribution in [-0.2, 0) is 5.88 Å². The van der Waals surface area contributed by atoms with Gasteiger partial charge in [0.2, 0.25) is 0 Å². The summed E-state index contributed by atoms with van der Waals surface area (Å²) in [4.78, 5) is 0. The number of alkyl halides is 1. The third-order valence-electron chi connectivity index (χ3n) is 2.49. The third-order valence-corrected chi connectivity index (χ3v) is 3.12. The van der Waals surface area contributed by atoms with Crippen molar-refractivity contribution in [3.8, 4) is 11.1 Å². The minimum absolute atomic E-state index is 0.144. The van der Waals surface area contributed by atoms with E-state index >= 15 is 0 Å². The van der Waals surface area contributed by atoms with E-state index in [2.05, 4.69) is 0 Å². The van der Waals surface area contributed by atoms with E-state index in [0.29, 0.717) is 16.1 Å². The summed E-state index contributed by atoms with van der Waals surface area (Å²) < 4.78 is 26.8. The molecule has 0 nitrogen and oxygen atoms in total. The maximum absolute atomic E-state index is 13.7. The Hall–Kier alpha value is -1.12. The summed E-state index contributed by atoms with van der Waals surface area (Å²) in [5.41, 5.74) is 1.29. The molecule has 88 valence electrons. The van der Waals surface area contributed by atoms with Crippen molar-refractivity contribution in [2.24, 2.45) is 0 Å². The summed E-state index contributed by atoms with van der Waals surface area (Å²) >= 11 is 11.7. The molecule has 0 aromatic heterocycles. The molecule has 0 fully saturated rings. The van der Waals surface area contributed by atoms with Crippen LogP contribution in [0.1, 0.15) is 5.56 Å². The first-order valence-electron chi connectivity index (χ1n) is 4.93. The quantitative estimate of drug-likeness (QED) is 0.673. The molecule has 0 aliphatic heterocycles. The minimum atomic E-state index is -0.888. The lowest BCUT2D eigenvalue weighted by atomic mass is 10.00. The molecule has 2 aromatic carbocycles. The van der Waals surface area contributed by atoms with Crippen LogP contribution >= 0.6 is 23.2 Å². The van der Waals surface area contributed by atoms with Crippen LogP contribution < -0.4 is 0 Å². The molecule has 2 aromatic rings. The van der Waals surface area contributed by atoms with Gasteiger partial charge >= 0.3 is 0 Å². The Morgan fingerprint density at radius 2 is 1.59 bits per heavy atom. The molecular formula is C13H8Cl2F2. The molecule has 0 radical (unpaired) electrons. The molecule has 0 N–H and O–H groups in total. The van der Waals surface area contributed by atoms with Crippen LogP contribution in [0.15, 0.2) is 36.4 Å². The fourth-order valence-corrected chi connectivity index (χ4v) is 2.26. The minimum Gasteiger partial charge on any atom is -0.204 e. The van der Waals surface area contributed by atoms with Gasteiger partial charge in [-0.15, -0.1) is 11.6 Å². The predicted molar refractivity (Wildman–Crippen MR) is 66.4 cm³/mol. The zero-order valence-electron chi connectivity index (χ0n) is 8.68. The first-order chi connectivity index (χ1) is 8.15. The van der Waals surface area contributed by atoms with Gasteiger partial charge in [-0.1, -0.05) is 35.9 Å². The summed E-state index contributed by atoms with van der Waals surface area (Å²) in [6.07, 6.45) is 0. The highest BCUT2D eigenvalue weighted by molar-refractivity contribution is 6.32. The Balaban J connectivity index is 2.68. The maximum Gasteiger partial charge on any atom is 0.166 e. The number of benzene rings is 2. The van der Waals surface area contributed by atoms with Gasteiger partial charge < -0.3 is 0 Å². The van der Waals surface area contributed by atoms with Crippen molar-refractivity contribution in [2.45, 2.75) is 5.88 Å². The number of halogens is 4. The standard InChI is InChI=1S/C13H8Cl2F2/c14-7-10-8(3-1-5-11(10)15)9-4-2-6-12(16)13(9)17/h1-6H,7H2. The fourth-order valence-electron chi connectivity index (χ4n) is 1.66. The first kappa shape index (κ1) is 12.3. The van der Waals surface area contributed by atoms with Crippen LogP contribution in [0.2, 0.25) is 5.02 Å². The van der Waals surface area contributed by atoms with Crippen LogP contribution in [0.3, 0.4) is 0 Å². The zero-order chi connectivity index (χ0) is 12.4. The molecule has 2 rings (SSSR count). The van der Waals surface area contributed by atoms with E-state index in [9.17, 15) is 8.78 Å². The first-order valence-corrected chi connectivity index (χ1v) is 5.84. The van der Waals surface area contributed by atoms with Crippen molar-refractivity contribution < 1.29 is 8.78 Å². The Labute approximate surface area is 108 Å². The second kappa shape index (κ2) is 5.03. The Morgan fingerprint density at radius 3 is 2.29 bits per heavy atom. The highest BCUT2D eigenvalue weighted by atomic mass is 35.5. The van der Waals surface area contributed by atoms with Crippen LogP contribution in [-0.4, -0.2) is 0 Å². The van der Waals surface area contributed by atoms with Crippen LogP contribution in [0.25, 0.3) is 11.1 Å². The topological polar surface area (TPSA) is 0 Å². The molecule has 0 amide bonds. The number of rotatable bonds is 2. The van der Waals surface area contributed by atoms with E-state index < -0.39 is 11.6 Å². The second-order valence-electron chi connectivity index (χ2n) is 3.50. The lowest BCUT2D eigenvalue weighted by Gasteiger charge is -2.10. The van der Waals surface area contributed by atoms with Gasteiger partial charge in [0.15, 0.2) is 11.6 Å². The third kappa shape index (κ3) is 2.28. The van der Waals surface area contributed by atoms with Gasteiger partial charge in [-0.25, -0.2) is 8.78 Å².